The van der Waals surface area contributed by atoms with Gasteiger partial charge in [0.25, 0.3) is 0 Å². The van der Waals surface area contributed by atoms with E-state index in [1.807, 2.05) is 0 Å². The number of imidazole rings is 1. The quantitative estimate of drug-likeness (QED) is 0.393. The molecular weight excluding hydrogens is 208 g/mol. The summed E-state index contributed by atoms with van der Waals surface area (Å²) in [5.41, 5.74) is 5.74. The summed E-state index contributed by atoms with van der Waals surface area (Å²) >= 11 is 4.83. The molecule has 0 fully saturated rings. The SMILES string of the molecule is Nc1nc(=S)c2ncn([N+](=O)[O-])c2[nH]1. The van der Waals surface area contributed by atoms with Crippen LogP contribution in [0.1, 0.15) is 0 Å². The zero-order valence-corrected chi connectivity index (χ0v) is 7.48. The molecule has 2 aromatic rings. The third-order valence-electron chi connectivity index (χ3n) is 1.60. The van der Waals surface area contributed by atoms with Crippen molar-refractivity contribution in [2.75, 3.05) is 5.73 Å². The van der Waals surface area contributed by atoms with Gasteiger partial charge < -0.3 is 10.7 Å². The summed E-state index contributed by atoms with van der Waals surface area (Å²) in [4.78, 5) is 20.5. The molecule has 0 bridgehead atoms. The summed E-state index contributed by atoms with van der Waals surface area (Å²) in [5.74, 6) is 0.0195. The molecule has 2 rings (SSSR count). The van der Waals surface area contributed by atoms with Crippen LogP contribution in [0.25, 0.3) is 11.2 Å². The standard InChI is InChI=1S/C5H4N6O2S/c6-5-8-3-2(4(14)9-5)7-1-10(3)11(12)13/h1H,(H3,6,8,9,14). The van der Waals surface area contributed by atoms with E-state index in [-0.39, 0.29) is 21.8 Å². The van der Waals surface area contributed by atoms with E-state index in [9.17, 15) is 10.1 Å². The highest BCUT2D eigenvalue weighted by Gasteiger charge is 2.12. The maximum Gasteiger partial charge on any atom is 0.211 e. The first-order valence-corrected chi connectivity index (χ1v) is 3.88. The topological polar surface area (TPSA) is 116 Å². The van der Waals surface area contributed by atoms with Crippen molar-refractivity contribution in [3.63, 3.8) is 0 Å². The number of rotatable bonds is 1. The molecule has 0 saturated heterocycles. The molecule has 0 aliphatic rings. The predicted molar refractivity (Wildman–Crippen MR) is 49.5 cm³/mol. The van der Waals surface area contributed by atoms with E-state index < -0.39 is 5.03 Å². The van der Waals surface area contributed by atoms with Crippen LogP contribution in [0.5, 0.6) is 0 Å². The molecule has 0 unspecified atom stereocenters. The van der Waals surface area contributed by atoms with Crippen molar-refractivity contribution in [2.45, 2.75) is 0 Å². The predicted octanol–water partition coefficient (Wildman–Crippen LogP) is 0.111. The molecule has 2 heterocycles. The minimum atomic E-state index is -0.639. The van der Waals surface area contributed by atoms with E-state index in [4.69, 9.17) is 18.0 Å². The Labute approximate surface area is 81.5 Å². The van der Waals surface area contributed by atoms with Crippen molar-refractivity contribution in [2.24, 2.45) is 0 Å². The zero-order chi connectivity index (χ0) is 10.3. The Balaban J connectivity index is 2.92. The lowest BCUT2D eigenvalue weighted by Crippen LogP contribution is -2.08. The second kappa shape index (κ2) is 2.73. The Morgan fingerprint density at radius 1 is 1.71 bits per heavy atom. The minimum Gasteiger partial charge on any atom is -0.369 e. The van der Waals surface area contributed by atoms with E-state index in [1.165, 1.54) is 0 Å². The number of fused-ring (bicyclic) bond motifs is 1. The monoisotopic (exact) mass is 212 g/mol. The third kappa shape index (κ3) is 1.10. The molecule has 72 valence electrons. The van der Waals surface area contributed by atoms with Gasteiger partial charge in [-0.2, -0.15) is 0 Å². The van der Waals surface area contributed by atoms with Gasteiger partial charge >= 0.3 is 0 Å². The van der Waals surface area contributed by atoms with Gasteiger partial charge in [0.1, 0.15) is 5.52 Å². The third-order valence-corrected chi connectivity index (χ3v) is 1.88. The summed E-state index contributed by atoms with van der Waals surface area (Å²) in [7, 11) is 0. The fourth-order valence-corrected chi connectivity index (χ4v) is 1.30. The van der Waals surface area contributed by atoms with E-state index in [1.54, 1.807) is 0 Å². The van der Waals surface area contributed by atoms with E-state index >= 15 is 0 Å². The van der Waals surface area contributed by atoms with Crippen molar-refractivity contribution in [1.82, 2.24) is 19.6 Å². The Morgan fingerprint density at radius 2 is 2.43 bits per heavy atom. The van der Waals surface area contributed by atoms with Crippen molar-refractivity contribution < 1.29 is 5.03 Å². The van der Waals surface area contributed by atoms with E-state index in [0.29, 0.717) is 4.68 Å². The van der Waals surface area contributed by atoms with Crippen molar-refractivity contribution in [1.29, 1.82) is 0 Å². The maximum atomic E-state index is 10.5. The molecular formula is C5H4N6O2S. The summed E-state index contributed by atoms with van der Waals surface area (Å²) < 4.78 is 0.834. The highest BCUT2D eigenvalue weighted by molar-refractivity contribution is 7.71. The van der Waals surface area contributed by atoms with Gasteiger partial charge in [-0.3, -0.25) is 0 Å². The molecule has 8 nitrogen and oxygen atoms in total. The lowest BCUT2D eigenvalue weighted by Gasteiger charge is -1.94. The molecule has 14 heavy (non-hydrogen) atoms. The van der Waals surface area contributed by atoms with Gasteiger partial charge in [-0.1, -0.05) is 12.2 Å². The second-order valence-electron chi connectivity index (χ2n) is 2.45. The smallest absolute Gasteiger partial charge is 0.211 e. The van der Waals surface area contributed by atoms with Crippen LogP contribution in [0.2, 0.25) is 0 Å². The zero-order valence-electron chi connectivity index (χ0n) is 6.67. The molecule has 0 spiro atoms. The summed E-state index contributed by atoms with van der Waals surface area (Å²) in [5, 5.41) is 9.87. The minimum absolute atomic E-state index is 0.0195. The Hall–Kier alpha value is -2.03. The summed E-state index contributed by atoms with van der Waals surface area (Å²) in [6.45, 7) is 0. The van der Waals surface area contributed by atoms with Gasteiger partial charge in [0.05, 0.1) is 0 Å². The van der Waals surface area contributed by atoms with Crippen LogP contribution >= 0.6 is 12.2 Å². The van der Waals surface area contributed by atoms with Gasteiger partial charge in [-0.25, -0.2) is 20.1 Å². The first-order valence-electron chi connectivity index (χ1n) is 3.47. The lowest BCUT2D eigenvalue weighted by atomic mass is 10.5. The number of nitro groups is 1. The van der Waals surface area contributed by atoms with Gasteiger partial charge in [0.2, 0.25) is 11.6 Å². The first kappa shape index (κ1) is 8.56. The average molecular weight is 212 g/mol. The molecule has 0 atom stereocenters. The molecule has 0 aliphatic heterocycles. The molecule has 3 N–H and O–H groups in total. The van der Waals surface area contributed by atoms with Crippen LogP contribution in [-0.4, -0.2) is 24.7 Å². The molecule has 0 amide bonds. The number of hydrogen-bond donors (Lipinski definition) is 2. The number of H-pyrrole nitrogens is 1. The number of nitrogens with two attached hydrogens (primary N) is 1. The van der Waals surface area contributed by atoms with Crippen LogP contribution in [-0.2, 0) is 0 Å². The van der Waals surface area contributed by atoms with Crippen LogP contribution in [0.4, 0.5) is 5.95 Å². The molecule has 0 aromatic carbocycles. The van der Waals surface area contributed by atoms with Gasteiger partial charge in [0.15, 0.2) is 16.0 Å². The fourth-order valence-electron chi connectivity index (χ4n) is 1.05. The van der Waals surface area contributed by atoms with Crippen LogP contribution in [0.15, 0.2) is 6.33 Å². The number of aromatic nitrogens is 4. The summed E-state index contributed by atoms with van der Waals surface area (Å²) in [6, 6.07) is 0. The van der Waals surface area contributed by atoms with Crippen molar-refractivity contribution in [3.8, 4) is 0 Å². The van der Waals surface area contributed by atoms with Crippen molar-refractivity contribution in [3.05, 3.63) is 21.1 Å². The van der Waals surface area contributed by atoms with E-state index in [2.05, 4.69) is 15.0 Å². The highest BCUT2D eigenvalue weighted by atomic mass is 32.1. The number of anilines is 1. The highest BCUT2D eigenvalue weighted by Crippen LogP contribution is 2.11. The molecule has 0 aliphatic carbocycles. The second-order valence-corrected chi connectivity index (χ2v) is 2.84. The van der Waals surface area contributed by atoms with E-state index in [0.717, 1.165) is 6.33 Å². The molecule has 9 heteroatoms. The molecule has 2 aromatic heterocycles. The molecule has 0 radical (unpaired) electrons. The van der Waals surface area contributed by atoms with Crippen LogP contribution in [0.3, 0.4) is 0 Å². The van der Waals surface area contributed by atoms with Crippen LogP contribution in [0, 0.1) is 14.8 Å². The maximum absolute atomic E-state index is 10.5. The molecule has 0 saturated carbocycles. The summed E-state index contributed by atoms with van der Waals surface area (Å²) in [6.07, 6.45) is 1.04. The fraction of sp³-hybridized carbons (Fsp3) is 0. The Morgan fingerprint density at radius 3 is 3.07 bits per heavy atom. The van der Waals surface area contributed by atoms with Crippen molar-refractivity contribution >= 4 is 29.3 Å². The normalized spacial score (nSPS) is 10.6. The van der Waals surface area contributed by atoms with Gasteiger partial charge in [-0.15, -0.1) is 0 Å². The van der Waals surface area contributed by atoms with Crippen LogP contribution < -0.4 is 5.73 Å². The van der Waals surface area contributed by atoms with Gasteiger partial charge in [0, 0.05) is 0 Å². The average Bonchev–Trinajstić information content (AvgIpc) is 2.47. The largest absolute Gasteiger partial charge is 0.369 e. The number of nitrogens with zero attached hydrogens (tertiary/aromatic N) is 4. The Bertz CT molecular complexity index is 571. The number of hydrogen-bond acceptors (Lipinski definition) is 6. The first-order chi connectivity index (χ1) is 6.59. The number of aromatic amines is 1. The lowest BCUT2D eigenvalue weighted by molar-refractivity contribution is -0.538. The Kier molecular flexibility index (Phi) is 1.67. The number of nitrogens with one attached hydrogen (secondary N) is 1. The van der Waals surface area contributed by atoms with Gasteiger partial charge in [-0.05, 0) is 4.68 Å². The number of nitrogen functional groups attached to an aromatic ring is 1.